The monoisotopic (exact) mass is 387 g/mol. The molecular weight excluding hydrogens is 374 g/mol. The van der Waals surface area contributed by atoms with Crippen LogP contribution >= 0.6 is 11.6 Å². The van der Waals surface area contributed by atoms with Crippen molar-refractivity contribution in [2.24, 2.45) is 0 Å². The number of aromatic nitrogens is 1. The highest BCUT2D eigenvalue weighted by Crippen LogP contribution is 2.21. The summed E-state index contributed by atoms with van der Waals surface area (Å²) in [7, 11) is -3.76. The number of carbonyl (C=O) groups is 1. The number of carbonyl (C=O) groups excluding carboxylic acids is 1. The van der Waals surface area contributed by atoms with Crippen molar-refractivity contribution in [2.75, 3.05) is 10.0 Å². The van der Waals surface area contributed by atoms with Crippen LogP contribution in [0.5, 0.6) is 0 Å². The van der Waals surface area contributed by atoms with E-state index in [1.807, 2.05) is 0 Å². The minimum absolute atomic E-state index is 0.0909. The summed E-state index contributed by atoms with van der Waals surface area (Å²) in [5, 5.41) is 3.16. The Kier molecular flexibility index (Phi) is 5.20. The van der Waals surface area contributed by atoms with Gasteiger partial charge in [0.25, 0.3) is 15.9 Å². The maximum absolute atomic E-state index is 12.4. The van der Waals surface area contributed by atoms with E-state index >= 15 is 0 Å². The number of sulfonamides is 1. The lowest BCUT2D eigenvalue weighted by Crippen LogP contribution is -2.14. The van der Waals surface area contributed by atoms with Gasteiger partial charge in [-0.1, -0.05) is 17.7 Å². The fourth-order valence-electron chi connectivity index (χ4n) is 2.19. The molecule has 0 atom stereocenters. The van der Waals surface area contributed by atoms with Gasteiger partial charge in [-0.2, -0.15) is 0 Å². The third kappa shape index (κ3) is 4.38. The van der Waals surface area contributed by atoms with Crippen LogP contribution in [0.3, 0.4) is 0 Å². The highest BCUT2D eigenvalue weighted by atomic mass is 35.5. The number of halogens is 1. The lowest BCUT2D eigenvalue weighted by Gasteiger charge is -2.10. The number of amides is 1. The molecule has 2 N–H and O–H groups in total. The topological polar surface area (TPSA) is 88.2 Å². The van der Waals surface area contributed by atoms with Crippen LogP contribution in [0.1, 0.15) is 10.4 Å². The Morgan fingerprint density at radius 3 is 2.27 bits per heavy atom. The van der Waals surface area contributed by atoms with Gasteiger partial charge in [0.05, 0.1) is 10.6 Å². The van der Waals surface area contributed by atoms with Gasteiger partial charge >= 0.3 is 0 Å². The zero-order valence-corrected chi connectivity index (χ0v) is 15.0. The summed E-state index contributed by atoms with van der Waals surface area (Å²) in [5.74, 6) is -0.315. The van der Waals surface area contributed by atoms with Gasteiger partial charge in [-0.25, -0.2) is 8.42 Å². The van der Waals surface area contributed by atoms with Gasteiger partial charge in [0.15, 0.2) is 0 Å². The second kappa shape index (κ2) is 7.55. The molecule has 0 saturated heterocycles. The zero-order valence-electron chi connectivity index (χ0n) is 13.4. The van der Waals surface area contributed by atoms with Gasteiger partial charge in [0, 0.05) is 28.7 Å². The molecule has 0 saturated carbocycles. The number of hydrogen-bond acceptors (Lipinski definition) is 4. The Labute approximate surface area is 155 Å². The molecule has 8 heteroatoms. The number of rotatable bonds is 5. The standard InChI is InChI=1S/C18H14ClN3O3S/c19-14-4-6-17(7-5-14)26(24,25)22-16-3-1-2-15(12-16)21-18(23)13-8-10-20-11-9-13/h1-12,22H,(H,21,23). The van der Waals surface area contributed by atoms with Crippen molar-refractivity contribution in [3.63, 3.8) is 0 Å². The number of anilines is 2. The van der Waals surface area contributed by atoms with Gasteiger partial charge in [0.2, 0.25) is 0 Å². The molecule has 1 amide bonds. The molecule has 0 unspecified atom stereocenters. The van der Waals surface area contributed by atoms with E-state index in [4.69, 9.17) is 11.6 Å². The van der Waals surface area contributed by atoms with Crippen molar-refractivity contribution in [1.82, 2.24) is 4.98 Å². The molecule has 0 spiro atoms. The Morgan fingerprint density at radius 2 is 1.58 bits per heavy atom. The average molecular weight is 388 g/mol. The Hall–Kier alpha value is -2.90. The summed E-state index contributed by atoms with van der Waals surface area (Å²) < 4.78 is 27.3. The summed E-state index contributed by atoms with van der Waals surface area (Å²) in [6.45, 7) is 0. The molecule has 0 aliphatic heterocycles. The predicted molar refractivity (Wildman–Crippen MR) is 101 cm³/mol. The maximum atomic E-state index is 12.4. The number of benzene rings is 2. The molecule has 2 aromatic carbocycles. The largest absolute Gasteiger partial charge is 0.322 e. The first-order valence-corrected chi connectivity index (χ1v) is 9.40. The molecular formula is C18H14ClN3O3S. The van der Waals surface area contributed by atoms with Crippen LogP contribution in [0.2, 0.25) is 5.02 Å². The van der Waals surface area contributed by atoms with E-state index in [0.29, 0.717) is 22.0 Å². The number of nitrogens with zero attached hydrogens (tertiary/aromatic N) is 1. The molecule has 1 heterocycles. The molecule has 3 aromatic rings. The molecule has 26 heavy (non-hydrogen) atoms. The van der Waals surface area contributed by atoms with Gasteiger partial charge in [0.1, 0.15) is 0 Å². The van der Waals surface area contributed by atoms with Gasteiger partial charge < -0.3 is 5.32 Å². The molecule has 0 aliphatic rings. The minimum Gasteiger partial charge on any atom is -0.322 e. The van der Waals surface area contributed by atoms with Crippen molar-refractivity contribution in [3.05, 3.63) is 83.6 Å². The molecule has 0 radical (unpaired) electrons. The fourth-order valence-corrected chi connectivity index (χ4v) is 3.37. The molecule has 6 nitrogen and oxygen atoms in total. The van der Waals surface area contributed by atoms with Crippen molar-refractivity contribution in [3.8, 4) is 0 Å². The number of hydrogen-bond donors (Lipinski definition) is 2. The quantitative estimate of drug-likeness (QED) is 0.697. The lowest BCUT2D eigenvalue weighted by atomic mass is 10.2. The summed E-state index contributed by atoms with van der Waals surface area (Å²) in [6, 6.07) is 15.4. The summed E-state index contributed by atoms with van der Waals surface area (Å²) in [6.07, 6.45) is 3.04. The Bertz CT molecular complexity index is 1020. The van der Waals surface area contributed by atoms with Gasteiger partial charge in [-0.3, -0.25) is 14.5 Å². The van der Waals surface area contributed by atoms with Crippen LogP contribution in [0.25, 0.3) is 0 Å². The van der Waals surface area contributed by atoms with E-state index in [0.717, 1.165) is 0 Å². The van der Waals surface area contributed by atoms with Crippen molar-refractivity contribution in [1.29, 1.82) is 0 Å². The smallest absolute Gasteiger partial charge is 0.261 e. The van der Waals surface area contributed by atoms with E-state index in [1.54, 1.807) is 30.3 Å². The average Bonchev–Trinajstić information content (AvgIpc) is 2.63. The van der Waals surface area contributed by atoms with Crippen LogP contribution in [0.15, 0.2) is 78.0 Å². The molecule has 0 fully saturated rings. The van der Waals surface area contributed by atoms with Crippen LogP contribution in [-0.2, 0) is 10.0 Å². The van der Waals surface area contributed by atoms with Gasteiger partial charge in [-0.15, -0.1) is 0 Å². The first-order valence-electron chi connectivity index (χ1n) is 7.54. The number of pyridine rings is 1. The predicted octanol–water partition coefficient (Wildman–Crippen LogP) is 3.79. The van der Waals surface area contributed by atoms with E-state index in [-0.39, 0.29) is 10.8 Å². The normalized spacial score (nSPS) is 11.0. The van der Waals surface area contributed by atoms with Crippen LogP contribution in [-0.4, -0.2) is 19.3 Å². The maximum Gasteiger partial charge on any atom is 0.261 e. The number of nitrogens with one attached hydrogen (secondary N) is 2. The molecule has 0 bridgehead atoms. The van der Waals surface area contributed by atoms with Crippen LogP contribution < -0.4 is 10.0 Å². The second-order valence-corrected chi connectivity index (χ2v) is 7.45. The SMILES string of the molecule is O=C(Nc1cccc(NS(=O)(=O)c2ccc(Cl)cc2)c1)c1ccncc1. The molecule has 0 aliphatic carbocycles. The van der Waals surface area contributed by atoms with Gasteiger partial charge in [-0.05, 0) is 54.6 Å². The Balaban J connectivity index is 1.77. The zero-order chi connectivity index (χ0) is 18.6. The Morgan fingerprint density at radius 1 is 0.923 bits per heavy atom. The highest BCUT2D eigenvalue weighted by Gasteiger charge is 2.14. The summed E-state index contributed by atoms with van der Waals surface area (Å²) in [5.41, 5.74) is 1.24. The van der Waals surface area contributed by atoms with Crippen LogP contribution in [0, 0.1) is 0 Å². The molecule has 3 rings (SSSR count). The third-order valence-corrected chi connectivity index (χ3v) is 5.09. The van der Waals surface area contributed by atoms with E-state index in [9.17, 15) is 13.2 Å². The highest BCUT2D eigenvalue weighted by molar-refractivity contribution is 7.92. The summed E-state index contributed by atoms with van der Waals surface area (Å²) in [4.78, 5) is 16.1. The van der Waals surface area contributed by atoms with E-state index in [1.165, 1.54) is 42.7 Å². The second-order valence-electron chi connectivity index (χ2n) is 5.33. The molecule has 1 aromatic heterocycles. The third-order valence-electron chi connectivity index (χ3n) is 3.44. The van der Waals surface area contributed by atoms with Crippen molar-refractivity contribution in [2.45, 2.75) is 4.90 Å². The summed E-state index contributed by atoms with van der Waals surface area (Å²) >= 11 is 5.78. The first-order chi connectivity index (χ1) is 12.4. The fraction of sp³-hybridized carbons (Fsp3) is 0. The minimum atomic E-state index is -3.76. The van der Waals surface area contributed by atoms with Crippen molar-refractivity contribution < 1.29 is 13.2 Å². The molecule has 132 valence electrons. The van der Waals surface area contributed by atoms with Crippen LogP contribution in [0.4, 0.5) is 11.4 Å². The van der Waals surface area contributed by atoms with E-state index in [2.05, 4.69) is 15.0 Å². The van der Waals surface area contributed by atoms with Crippen molar-refractivity contribution >= 4 is 38.9 Å². The lowest BCUT2D eigenvalue weighted by molar-refractivity contribution is 0.102. The first kappa shape index (κ1) is 17.9. The van der Waals surface area contributed by atoms with E-state index < -0.39 is 10.0 Å².